The molecule has 0 bridgehead atoms. The zero-order valence-corrected chi connectivity index (χ0v) is 21.9. The van der Waals surface area contributed by atoms with E-state index >= 15 is 0 Å². The number of hydrogen-bond acceptors (Lipinski definition) is 7. The minimum Gasteiger partial charge on any atom is -0.493 e. The van der Waals surface area contributed by atoms with Gasteiger partial charge in [-0.1, -0.05) is 17.7 Å². The number of hydrogen-bond donors (Lipinski definition) is 0. The van der Waals surface area contributed by atoms with Crippen molar-refractivity contribution >= 4 is 23.4 Å². The van der Waals surface area contributed by atoms with Gasteiger partial charge in [0.2, 0.25) is 17.5 Å². The molecule has 0 radical (unpaired) electrons. The molecule has 2 fully saturated rings. The number of carbonyl (C=O) groups excluding carboxylic acids is 2. The average Bonchev–Trinajstić information content (AvgIpc) is 3.31. The van der Waals surface area contributed by atoms with Crippen LogP contribution in [-0.2, 0) is 11.2 Å². The summed E-state index contributed by atoms with van der Waals surface area (Å²) < 4.78 is 21.5. The van der Waals surface area contributed by atoms with Crippen molar-refractivity contribution in [3.63, 3.8) is 0 Å². The maximum absolute atomic E-state index is 13.2. The summed E-state index contributed by atoms with van der Waals surface area (Å²) in [5, 5.41) is 0.224. The quantitative estimate of drug-likeness (QED) is 0.519. The Morgan fingerprint density at radius 3 is 2.19 bits per heavy atom. The lowest BCUT2D eigenvalue weighted by atomic mass is 9.77. The summed E-state index contributed by atoms with van der Waals surface area (Å²) in [6.45, 7) is 2.66. The molecule has 2 amide bonds. The van der Waals surface area contributed by atoms with Crippen LogP contribution >= 0.6 is 11.6 Å². The van der Waals surface area contributed by atoms with Crippen LogP contribution in [0, 0.1) is 5.41 Å². The molecule has 1 aromatic heterocycles. The first-order valence-corrected chi connectivity index (χ1v) is 12.3. The zero-order valence-electron chi connectivity index (χ0n) is 21.1. The Morgan fingerprint density at radius 2 is 1.58 bits per heavy atom. The Labute approximate surface area is 216 Å². The summed E-state index contributed by atoms with van der Waals surface area (Å²) in [4.78, 5) is 34.1. The van der Waals surface area contributed by atoms with E-state index in [-0.39, 0.29) is 28.8 Å². The largest absolute Gasteiger partial charge is 0.493 e. The van der Waals surface area contributed by atoms with E-state index in [9.17, 15) is 9.59 Å². The number of halogens is 1. The summed E-state index contributed by atoms with van der Waals surface area (Å²) in [5.74, 6) is 1.83. The van der Waals surface area contributed by atoms with Gasteiger partial charge in [0.05, 0.1) is 34.9 Å². The van der Waals surface area contributed by atoms with Gasteiger partial charge in [-0.3, -0.25) is 9.59 Å². The van der Waals surface area contributed by atoms with E-state index in [0.29, 0.717) is 54.9 Å². The minimum atomic E-state index is -0.0843. The highest BCUT2D eigenvalue weighted by atomic mass is 35.5. The number of pyridine rings is 1. The molecule has 0 atom stereocenters. The molecule has 10 heteroatoms. The van der Waals surface area contributed by atoms with Crippen molar-refractivity contribution in [2.24, 2.45) is 5.41 Å². The lowest BCUT2D eigenvalue weighted by Crippen LogP contribution is -2.44. The van der Waals surface area contributed by atoms with Gasteiger partial charge < -0.3 is 28.7 Å². The lowest BCUT2D eigenvalue weighted by molar-refractivity contribution is -0.130. The molecule has 0 N–H and O–H groups in total. The smallest absolute Gasteiger partial charge is 0.254 e. The fourth-order valence-electron chi connectivity index (χ4n) is 5.20. The number of aromatic nitrogens is 1. The van der Waals surface area contributed by atoms with E-state index in [0.717, 1.165) is 24.8 Å². The number of carbonyl (C=O) groups is 2. The molecule has 3 heterocycles. The van der Waals surface area contributed by atoms with Gasteiger partial charge in [0.1, 0.15) is 5.15 Å². The third-order valence-corrected chi connectivity index (χ3v) is 7.45. The van der Waals surface area contributed by atoms with Gasteiger partial charge in [-0.15, -0.1) is 0 Å². The van der Waals surface area contributed by atoms with E-state index < -0.39 is 0 Å². The van der Waals surface area contributed by atoms with Crippen molar-refractivity contribution in [1.82, 2.24) is 14.8 Å². The molecule has 9 nitrogen and oxygen atoms in total. The predicted octanol–water partition coefficient (Wildman–Crippen LogP) is 3.47. The number of benzene rings is 1. The van der Waals surface area contributed by atoms with Gasteiger partial charge in [-0.25, -0.2) is 4.98 Å². The molecule has 0 unspecified atom stereocenters. The molecule has 4 rings (SSSR count). The zero-order chi connectivity index (χ0) is 25.9. The molecule has 2 aliphatic heterocycles. The number of likely N-dealkylation sites (tertiary alicyclic amines) is 2. The molecule has 1 spiro atoms. The van der Waals surface area contributed by atoms with Crippen LogP contribution in [0.25, 0.3) is 0 Å². The molecular weight excluding hydrogens is 486 g/mol. The van der Waals surface area contributed by atoms with E-state index in [1.165, 1.54) is 7.11 Å². The molecule has 194 valence electrons. The number of methoxy groups -OCH3 is 4. The summed E-state index contributed by atoms with van der Waals surface area (Å²) in [6.07, 6.45) is 2.84. The van der Waals surface area contributed by atoms with E-state index in [1.54, 1.807) is 39.5 Å². The third kappa shape index (κ3) is 5.16. The van der Waals surface area contributed by atoms with Gasteiger partial charge in [0, 0.05) is 43.4 Å². The van der Waals surface area contributed by atoms with E-state index in [2.05, 4.69) is 4.98 Å². The summed E-state index contributed by atoms with van der Waals surface area (Å²) in [5.41, 5.74) is 1.25. The minimum absolute atomic E-state index is 0.0295. The number of nitrogens with zero attached hydrogens (tertiary/aromatic N) is 3. The molecule has 36 heavy (non-hydrogen) atoms. The monoisotopic (exact) mass is 517 g/mol. The fraction of sp³-hybridized carbons (Fsp3) is 0.500. The second-order valence-corrected chi connectivity index (χ2v) is 9.64. The molecule has 1 aromatic carbocycles. The first kappa shape index (κ1) is 25.9. The molecule has 0 aliphatic carbocycles. The highest BCUT2D eigenvalue weighted by Gasteiger charge is 2.43. The average molecular weight is 518 g/mol. The number of ether oxygens (including phenoxy) is 4. The van der Waals surface area contributed by atoms with Crippen molar-refractivity contribution in [3.05, 3.63) is 40.5 Å². The lowest BCUT2D eigenvalue weighted by Gasteiger charge is -2.39. The Hall–Kier alpha value is -3.20. The van der Waals surface area contributed by atoms with Crippen LogP contribution in [-0.4, -0.2) is 81.2 Å². The highest BCUT2D eigenvalue weighted by molar-refractivity contribution is 6.29. The van der Waals surface area contributed by atoms with Crippen molar-refractivity contribution < 1.29 is 28.5 Å². The summed E-state index contributed by atoms with van der Waals surface area (Å²) in [7, 11) is 6.16. The predicted molar refractivity (Wildman–Crippen MR) is 134 cm³/mol. The van der Waals surface area contributed by atoms with Gasteiger partial charge in [0.15, 0.2) is 11.5 Å². The van der Waals surface area contributed by atoms with Gasteiger partial charge in [0.25, 0.3) is 5.91 Å². The van der Waals surface area contributed by atoms with Crippen molar-refractivity contribution in [2.45, 2.75) is 25.7 Å². The van der Waals surface area contributed by atoms with Crippen LogP contribution in [0.2, 0.25) is 5.15 Å². The Kier molecular flexibility index (Phi) is 7.78. The van der Waals surface area contributed by atoms with E-state index in [1.807, 2.05) is 15.9 Å². The van der Waals surface area contributed by atoms with Gasteiger partial charge in [-0.05, 0) is 36.8 Å². The molecule has 0 saturated carbocycles. The Balaban J connectivity index is 1.38. The highest BCUT2D eigenvalue weighted by Crippen LogP contribution is 2.42. The molecular formula is C26H32ClN3O6. The van der Waals surface area contributed by atoms with Gasteiger partial charge >= 0.3 is 0 Å². The number of rotatable bonds is 7. The van der Waals surface area contributed by atoms with Crippen molar-refractivity contribution in [2.75, 3.05) is 54.6 Å². The van der Waals surface area contributed by atoms with Crippen LogP contribution in [0.3, 0.4) is 0 Å². The first-order valence-electron chi connectivity index (χ1n) is 11.9. The van der Waals surface area contributed by atoms with E-state index in [4.69, 9.17) is 30.5 Å². The number of amides is 2. The SMILES string of the molecule is COc1cc(C(=O)N2CCC3(CCN(C(=O)Cc4ccc(OC)c(OC)c4OC)C3)CC2)cc(Cl)n1. The normalized spacial score (nSPS) is 16.7. The molecule has 2 aliphatic rings. The van der Waals surface area contributed by atoms with Crippen LogP contribution in [0.4, 0.5) is 0 Å². The number of piperidine rings is 1. The third-order valence-electron chi connectivity index (χ3n) is 7.26. The maximum atomic E-state index is 13.2. The fourth-order valence-corrected chi connectivity index (χ4v) is 5.40. The second-order valence-electron chi connectivity index (χ2n) is 9.25. The summed E-state index contributed by atoms with van der Waals surface area (Å²) in [6, 6.07) is 6.80. The van der Waals surface area contributed by atoms with Gasteiger partial charge in [-0.2, -0.15) is 0 Å². The van der Waals surface area contributed by atoms with Crippen molar-refractivity contribution in [3.8, 4) is 23.1 Å². The van der Waals surface area contributed by atoms with Crippen LogP contribution in [0.5, 0.6) is 23.1 Å². The topological polar surface area (TPSA) is 90.4 Å². The van der Waals surface area contributed by atoms with Crippen molar-refractivity contribution in [1.29, 1.82) is 0 Å². The Morgan fingerprint density at radius 1 is 0.917 bits per heavy atom. The second kappa shape index (κ2) is 10.8. The molecule has 2 aromatic rings. The maximum Gasteiger partial charge on any atom is 0.254 e. The van der Waals surface area contributed by atoms with Crippen LogP contribution < -0.4 is 18.9 Å². The summed E-state index contributed by atoms with van der Waals surface area (Å²) >= 11 is 6.04. The molecule has 2 saturated heterocycles. The van der Waals surface area contributed by atoms with Crippen LogP contribution in [0.1, 0.15) is 35.2 Å². The standard InChI is InChI=1S/C26H32ClN3O6/c1-33-19-6-5-17(23(35-3)24(19)36-4)15-22(31)30-12-9-26(16-30)7-10-29(11-8-26)25(32)18-13-20(27)28-21(14-18)34-2/h5-6,13-14H,7-12,15-16H2,1-4H3. The first-order chi connectivity index (χ1) is 17.3. The Bertz CT molecular complexity index is 1130. The van der Waals surface area contributed by atoms with Crippen LogP contribution in [0.15, 0.2) is 24.3 Å².